The minimum Gasteiger partial charge on any atom is -0.462 e. The fourth-order valence-electron chi connectivity index (χ4n) is 2.25. The first kappa shape index (κ1) is 25.0. The maximum absolute atomic E-state index is 12.5. The molecule has 0 aromatic heterocycles. The zero-order valence-corrected chi connectivity index (χ0v) is 19.4. The lowest BCUT2D eigenvalue weighted by Crippen LogP contribution is -2.18. The smallest absolute Gasteiger partial charge is 0.345 e. The van der Waals surface area contributed by atoms with Crippen molar-refractivity contribution < 1.29 is 31.7 Å². The first-order valence-electron chi connectivity index (χ1n) is 8.84. The Labute approximate surface area is 194 Å². The third-order valence-electron chi connectivity index (χ3n) is 3.64. The van der Waals surface area contributed by atoms with Crippen LogP contribution in [0.5, 0.6) is 5.75 Å². The van der Waals surface area contributed by atoms with Gasteiger partial charge in [0, 0.05) is 6.07 Å². The van der Waals surface area contributed by atoms with Crippen LogP contribution in [0.2, 0.25) is 15.1 Å². The first-order chi connectivity index (χ1) is 14.6. The van der Waals surface area contributed by atoms with E-state index in [0.29, 0.717) is 5.56 Å². The van der Waals surface area contributed by atoms with Crippen LogP contribution < -0.4 is 4.18 Å². The summed E-state index contributed by atoms with van der Waals surface area (Å²) in [7, 11) is -4.25. The molecule has 2 aromatic carbocycles. The van der Waals surface area contributed by atoms with Gasteiger partial charge in [-0.2, -0.15) is 8.42 Å². The molecule has 0 atom stereocenters. The number of hydrogen-bond acceptors (Lipinski definition) is 7. The van der Waals surface area contributed by atoms with E-state index in [1.807, 2.05) is 0 Å². The number of carbonyl (C=O) groups is 2. The summed E-state index contributed by atoms with van der Waals surface area (Å²) in [6.45, 7) is 3.34. The number of rotatable bonds is 8. The van der Waals surface area contributed by atoms with Gasteiger partial charge in [-0.05, 0) is 43.7 Å². The predicted molar refractivity (Wildman–Crippen MR) is 117 cm³/mol. The van der Waals surface area contributed by atoms with Crippen molar-refractivity contribution in [2.75, 3.05) is 13.2 Å². The molecule has 0 N–H and O–H groups in total. The Kier molecular flexibility index (Phi) is 8.76. The minimum atomic E-state index is -4.25. The van der Waals surface area contributed by atoms with Crippen molar-refractivity contribution >= 4 is 62.9 Å². The zero-order valence-electron chi connectivity index (χ0n) is 16.4. The number of carbonyl (C=O) groups excluding carboxylic acids is 2. The van der Waals surface area contributed by atoms with Crippen LogP contribution in [0.4, 0.5) is 0 Å². The second-order valence-electron chi connectivity index (χ2n) is 5.80. The molecule has 0 saturated heterocycles. The number of hydrogen-bond donors (Lipinski definition) is 0. The van der Waals surface area contributed by atoms with E-state index >= 15 is 0 Å². The summed E-state index contributed by atoms with van der Waals surface area (Å²) in [6, 6.07) is 7.68. The molecule has 0 spiro atoms. The van der Waals surface area contributed by atoms with E-state index in [9.17, 15) is 18.0 Å². The Hall–Kier alpha value is -2.26. The highest BCUT2D eigenvalue weighted by Gasteiger charge is 2.22. The molecule has 11 heteroatoms. The van der Waals surface area contributed by atoms with E-state index in [0.717, 1.165) is 0 Å². The molecule has 0 aliphatic rings. The maximum Gasteiger partial charge on any atom is 0.345 e. The number of ether oxygens (including phenoxy) is 2. The largest absolute Gasteiger partial charge is 0.462 e. The average Bonchev–Trinajstić information content (AvgIpc) is 2.70. The second-order valence-corrected chi connectivity index (χ2v) is 8.57. The van der Waals surface area contributed by atoms with E-state index in [4.69, 9.17) is 48.5 Å². The van der Waals surface area contributed by atoms with E-state index < -0.39 is 22.1 Å². The number of halogens is 3. The van der Waals surface area contributed by atoms with Crippen LogP contribution in [0.1, 0.15) is 19.4 Å². The SMILES string of the molecule is CCOC(=O)C(=Cc1ccc(S(=O)(=O)Oc2cc(Cl)c(Cl)cc2Cl)cc1)C(=O)OCC. The van der Waals surface area contributed by atoms with Crippen LogP contribution in [0.3, 0.4) is 0 Å². The van der Waals surface area contributed by atoms with Crippen LogP contribution in [-0.2, 0) is 29.2 Å². The fraction of sp³-hybridized carbons (Fsp3) is 0.200. The summed E-state index contributed by atoms with van der Waals surface area (Å²) in [5.74, 6) is -1.89. The third-order valence-corrected chi connectivity index (χ3v) is 5.91. The third kappa shape index (κ3) is 6.61. The van der Waals surface area contributed by atoms with Gasteiger partial charge in [-0.1, -0.05) is 46.9 Å². The van der Waals surface area contributed by atoms with Crippen molar-refractivity contribution in [2.45, 2.75) is 18.7 Å². The maximum atomic E-state index is 12.5. The normalized spacial score (nSPS) is 10.9. The van der Waals surface area contributed by atoms with Gasteiger partial charge < -0.3 is 13.7 Å². The molecular formula is C20H17Cl3O7S. The lowest BCUT2D eigenvalue weighted by Gasteiger charge is -2.10. The molecule has 2 rings (SSSR count). The predicted octanol–water partition coefficient (Wildman–Crippen LogP) is 4.92. The fourth-order valence-corrected chi connectivity index (χ4v) is 3.81. The van der Waals surface area contributed by atoms with Crippen molar-refractivity contribution in [1.29, 1.82) is 0 Å². The van der Waals surface area contributed by atoms with Gasteiger partial charge in [0.15, 0.2) is 5.75 Å². The van der Waals surface area contributed by atoms with Crippen molar-refractivity contribution in [1.82, 2.24) is 0 Å². The summed E-state index contributed by atoms with van der Waals surface area (Å²) < 4.78 is 39.9. The number of esters is 2. The Morgan fingerprint density at radius 2 is 1.39 bits per heavy atom. The van der Waals surface area contributed by atoms with Gasteiger partial charge in [0.1, 0.15) is 10.5 Å². The van der Waals surface area contributed by atoms with Gasteiger partial charge in [0.05, 0.1) is 28.3 Å². The Balaban J connectivity index is 2.32. The summed E-state index contributed by atoms with van der Waals surface area (Å²) in [4.78, 5) is 23.9. The monoisotopic (exact) mass is 506 g/mol. The van der Waals surface area contributed by atoms with E-state index in [2.05, 4.69) is 0 Å². The highest BCUT2D eigenvalue weighted by Crippen LogP contribution is 2.35. The van der Waals surface area contributed by atoms with Gasteiger partial charge in [0.25, 0.3) is 0 Å². The summed E-state index contributed by atoms with van der Waals surface area (Å²) in [6.07, 6.45) is 1.24. The molecule has 0 bridgehead atoms. The Bertz CT molecular complexity index is 1090. The summed E-state index contributed by atoms with van der Waals surface area (Å²) in [5.41, 5.74) is 0.0424. The molecule has 0 saturated carbocycles. The number of benzene rings is 2. The van der Waals surface area contributed by atoms with Gasteiger partial charge in [-0.15, -0.1) is 0 Å². The molecule has 0 radical (unpaired) electrons. The van der Waals surface area contributed by atoms with Crippen molar-refractivity contribution in [2.24, 2.45) is 0 Å². The van der Waals surface area contributed by atoms with Crippen LogP contribution in [0, 0.1) is 0 Å². The van der Waals surface area contributed by atoms with Crippen molar-refractivity contribution in [3.05, 3.63) is 62.6 Å². The summed E-state index contributed by atoms with van der Waals surface area (Å²) >= 11 is 17.7. The highest BCUT2D eigenvalue weighted by molar-refractivity contribution is 7.87. The summed E-state index contributed by atoms with van der Waals surface area (Å²) in [5, 5.41) is 0.180. The molecule has 0 amide bonds. The quantitative estimate of drug-likeness (QED) is 0.125. The van der Waals surface area contributed by atoms with Gasteiger partial charge >= 0.3 is 22.1 Å². The van der Waals surface area contributed by atoms with Crippen LogP contribution in [0.15, 0.2) is 46.9 Å². The molecule has 0 aliphatic heterocycles. The molecule has 0 aliphatic carbocycles. The van der Waals surface area contributed by atoms with Gasteiger partial charge in [0.2, 0.25) is 0 Å². The second kappa shape index (κ2) is 10.9. The molecular weight excluding hydrogens is 491 g/mol. The molecule has 0 heterocycles. The lowest BCUT2D eigenvalue weighted by atomic mass is 10.1. The molecule has 31 heavy (non-hydrogen) atoms. The van der Waals surface area contributed by atoms with E-state index in [1.54, 1.807) is 13.8 Å². The molecule has 166 valence electrons. The van der Waals surface area contributed by atoms with E-state index in [-0.39, 0.29) is 44.5 Å². The van der Waals surface area contributed by atoms with Crippen LogP contribution in [-0.4, -0.2) is 33.6 Å². The molecule has 0 fully saturated rings. The van der Waals surface area contributed by atoms with Crippen molar-refractivity contribution in [3.8, 4) is 5.75 Å². The standard InChI is InChI=1S/C20H17Cl3O7S/c1-3-28-19(24)14(20(25)29-4-2)9-12-5-7-13(8-6-12)31(26,27)30-18-11-16(22)15(21)10-17(18)23/h5-11H,3-4H2,1-2H3. The van der Waals surface area contributed by atoms with Crippen LogP contribution in [0.25, 0.3) is 6.08 Å². The average molecular weight is 508 g/mol. The zero-order chi connectivity index (χ0) is 23.2. The lowest BCUT2D eigenvalue weighted by molar-refractivity contribution is -0.146. The first-order valence-corrected chi connectivity index (χ1v) is 11.4. The minimum absolute atomic E-state index is 0.0361. The molecule has 2 aromatic rings. The highest BCUT2D eigenvalue weighted by atomic mass is 35.5. The van der Waals surface area contributed by atoms with Crippen molar-refractivity contribution in [3.63, 3.8) is 0 Å². The van der Waals surface area contributed by atoms with Gasteiger partial charge in [-0.25, -0.2) is 9.59 Å². The Morgan fingerprint density at radius 1 is 0.871 bits per heavy atom. The van der Waals surface area contributed by atoms with E-state index in [1.165, 1.54) is 42.5 Å². The molecule has 0 unspecified atom stereocenters. The topological polar surface area (TPSA) is 96.0 Å². The van der Waals surface area contributed by atoms with Gasteiger partial charge in [-0.3, -0.25) is 0 Å². The molecule has 7 nitrogen and oxygen atoms in total. The van der Waals surface area contributed by atoms with Crippen LogP contribution >= 0.6 is 34.8 Å². The Morgan fingerprint density at radius 3 is 1.90 bits per heavy atom.